The molecule has 2 unspecified atom stereocenters. The molecule has 2 rings (SSSR count). The predicted molar refractivity (Wildman–Crippen MR) is 60.0 cm³/mol. The second-order valence-electron chi connectivity index (χ2n) is 3.91. The molecule has 3 nitrogen and oxygen atoms in total. The molecule has 2 atom stereocenters. The Morgan fingerprint density at radius 3 is 2.93 bits per heavy atom. The fraction of sp³-hybridized carbons (Fsp3) is 0.545. The molecule has 1 aromatic heterocycles. The SMILES string of the molecule is O=C(NC1CCCCC1O)c1cccs1. The molecule has 0 aliphatic heterocycles. The van der Waals surface area contributed by atoms with Crippen molar-refractivity contribution in [3.05, 3.63) is 22.4 Å². The summed E-state index contributed by atoms with van der Waals surface area (Å²) in [6.45, 7) is 0. The fourth-order valence-corrected chi connectivity index (χ4v) is 2.55. The third-order valence-corrected chi connectivity index (χ3v) is 3.66. The van der Waals surface area contributed by atoms with Gasteiger partial charge < -0.3 is 10.4 Å². The summed E-state index contributed by atoms with van der Waals surface area (Å²) in [5, 5.41) is 14.5. The summed E-state index contributed by atoms with van der Waals surface area (Å²) in [5.74, 6) is -0.0593. The lowest BCUT2D eigenvalue weighted by atomic mass is 9.92. The van der Waals surface area contributed by atoms with E-state index in [0.717, 1.165) is 25.7 Å². The number of hydrogen-bond donors (Lipinski definition) is 2. The van der Waals surface area contributed by atoms with E-state index >= 15 is 0 Å². The molecule has 1 saturated carbocycles. The molecule has 0 saturated heterocycles. The van der Waals surface area contributed by atoms with E-state index in [2.05, 4.69) is 5.32 Å². The van der Waals surface area contributed by atoms with Gasteiger partial charge >= 0.3 is 0 Å². The first-order valence-electron chi connectivity index (χ1n) is 5.30. The average molecular weight is 225 g/mol. The highest BCUT2D eigenvalue weighted by atomic mass is 32.1. The Morgan fingerprint density at radius 1 is 1.47 bits per heavy atom. The van der Waals surface area contributed by atoms with Crippen molar-refractivity contribution < 1.29 is 9.90 Å². The third kappa shape index (κ3) is 2.58. The minimum Gasteiger partial charge on any atom is -0.391 e. The third-order valence-electron chi connectivity index (χ3n) is 2.79. The summed E-state index contributed by atoms with van der Waals surface area (Å²) in [6.07, 6.45) is 3.47. The van der Waals surface area contributed by atoms with Crippen LogP contribution in [0.15, 0.2) is 17.5 Å². The number of thiophene rings is 1. The largest absolute Gasteiger partial charge is 0.391 e. The lowest BCUT2D eigenvalue weighted by Gasteiger charge is -2.28. The fourth-order valence-electron chi connectivity index (χ4n) is 1.93. The Kier molecular flexibility index (Phi) is 3.38. The van der Waals surface area contributed by atoms with Crippen molar-refractivity contribution in [3.8, 4) is 0 Å². The van der Waals surface area contributed by atoms with Crippen LogP contribution in [0.3, 0.4) is 0 Å². The zero-order chi connectivity index (χ0) is 10.7. The summed E-state index contributed by atoms with van der Waals surface area (Å²) < 4.78 is 0. The molecule has 82 valence electrons. The normalized spacial score (nSPS) is 26.2. The number of carbonyl (C=O) groups excluding carboxylic acids is 1. The van der Waals surface area contributed by atoms with Crippen LogP contribution in [0.25, 0.3) is 0 Å². The number of carbonyl (C=O) groups is 1. The van der Waals surface area contributed by atoms with Crippen molar-refractivity contribution in [1.82, 2.24) is 5.32 Å². The van der Waals surface area contributed by atoms with E-state index in [1.807, 2.05) is 11.4 Å². The molecular formula is C11H15NO2S. The molecule has 2 N–H and O–H groups in total. The zero-order valence-corrected chi connectivity index (χ0v) is 9.30. The first-order chi connectivity index (χ1) is 7.27. The van der Waals surface area contributed by atoms with Gasteiger partial charge in [-0.3, -0.25) is 4.79 Å². The highest BCUT2D eigenvalue weighted by Gasteiger charge is 2.24. The van der Waals surface area contributed by atoms with Crippen LogP contribution in [0.4, 0.5) is 0 Å². The molecule has 1 heterocycles. The van der Waals surface area contributed by atoms with Gasteiger partial charge in [0.2, 0.25) is 0 Å². The molecule has 0 aromatic carbocycles. The second kappa shape index (κ2) is 4.77. The van der Waals surface area contributed by atoms with Crippen molar-refractivity contribution >= 4 is 17.2 Å². The van der Waals surface area contributed by atoms with Crippen LogP contribution in [-0.4, -0.2) is 23.2 Å². The van der Waals surface area contributed by atoms with Gasteiger partial charge in [0.25, 0.3) is 5.91 Å². The Bertz CT molecular complexity index is 323. The number of nitrogens with one attached hydrogen (secondary N) is 1. The lowest BCUT2D eigenvalue weighted by Crippen LogP contribution is -2.44. The molecule has 1 aliphatic carbocycles. The Hall–Kier alpha value is -0.870. The van der Waals surface area contributed by atoms with Crippen LogP contribution < -0.4 is 5.32 Å². The first-order valence-corrected chi connectivity index (χ1v) is 6.18. The molecule has 0 spiro atoms. The molecule has 1 amide bonds. The summed E-state index contributed by atoms with van der Waals surface area (Å²) in [4.78, 5) is 12.4. The second-order valence-corrected chi connectivity index (χ2v) is 4.86. The van der Waals surface area contributed by atoms with Crippen molar-refractivity contribution in [2.24, 2.45) is 0 Å². The van der Waals surface area contributed by atoms with E-state index in [9.17, 15) is 9.90 Å². The summed E-state index contributed by atoms with van der Waals surface area (Å²) in [6, 6.07) is 3.60. The van der Waals surface area contributed by atoms with Gasteiger partial charge in [0.15, 0.2) is 0 Å². The minimum atomic E-state index is -0.373. The van der Waals surface area contributed by atoms with Crippen molar-refractivity contribution in [2.45, 2.75) is 37.8 Å². The Morgan fingerprint density at radius 2 is 2.27 bits per heavy atom. The maximum absolute atomic E-state index is 11.7. The molecule has 4 heteroatoms. The van der Waals surface area contributed by atoms with Gasteiger partial charge in [0.1, 0.15) is 0 Å². The molecule has 0 bridgehead atoms. The smallest absolute Gasteiger partial charge is 0.261 e. The molecule has 1 aliphatic rings. The van der Waals surface area contributed by atoms with Crippen molar-refractivity contribution in [1.29, 1.82) is 0 Å². The van der Waals surface area contributed by atoms with Gasteiger partial charge in [0.05, 0.1) is 17.0 Å². The van der Waals surface area contributed by atoms with E-state index in [1.54, 1.807) is 6.07 Å². The zero-order valence-electron chi connectivity index (χ0n) is 8.48. The lowest BCUT2D eigenvalue weighted by molar-refractivity contribution is 0.0720. The number of hydrogen-bond acceptors (Lipinski definition) is 3. The van der Waals surface area contributed by atoms with E-state index in [-0.39, 0.29) is 18.1 Å². The number of amides is 1. The minimum absolute atomic E-state index is 0.0593. The monoisotopic (exact) mass is 225 g/mol. The van der Waals surface area contributed by atoms with Gasteiger partial charge in [-0.2, -0.15) is 0 Å². The van der Waals surface area contributed by atoms with E-state index in [0.29, 0.717) is 4.88 Å². The molecule has 15 heavy (non-hydrogen) atoms. The van der Waals surface area contributed by atoms with Gasteiger partial charge in [0, 0.05) is 0 Å². The maximum Gasteiger partial charge on any atom is 0.261 e. The number of aliphatic hydroxyl groups is 1. The molecule has 0 radical (unpaired) electrons. The van der Waals surface area contributed by atoms with Gasteiger partial charge in [-0.05, 0) is 24.3 Å². The number of aliphatic hydroxyl groups excluding tert-OH is 1. The topological polar surface area (TPSA) is 49.3 Å². The Balaban J connectivity index is 1.93. The van der Waals surface area contributed by atoms with Gasteiger partial charge in [-0.15, -0.1) is 11.3 Å². The number of rotatable bonds is 2. The van der Waals surface area contributed by atoms with Crippen LogP contribution in [0.2, 0.25) is 0 Å². The van der Waals surface area contributed by atoms with Crippen molar-refractivity contribution in [3.63, 3.8) is 0 Å². The summed E-state index contributed by atoms with van der Waals surface area (Å²) in [7, 11) is 0. The van der Waals surface area contributed by atoms with Crippen LogP contribution >= 0.6 is 11.3 Å². The Labute approximate surface area is 93.1 Å². The van der Waals surface area contributed by atoms with Crippen LogP contribution in [0.5, 0.6) is 0 Å². The quantitative estimate of drug-likeness (QED) is 0.806. The van der Waals surface area contributed by atoms with Crippen LogP contribution in [0.1, 0.15) is 35.4 Å². The molecular weight excluding hydrogens is 210 g/mol. The molecule has 1 aromatic rings. The first kappa shape index (κ1) is 10.6. The average Bonchev–Trinajstić information content (AvgIpc) is 2.74. The highest BCUT2D eigenvalue weighted by molar-refractivity contribution is 7.12. The van der Waals surface area contributed by atoms with Crippen molar-refractivity contribution in [2.75, 3.05) is 0 Å². The maximum atomic E-state index is 11.7. The van der Waals surface area contributed by atoms with E-state index in [1.165, 1.54) is 11.3 Å². The predicted octanol–water partition coefficient (Wildman–Crippen LogP) is 1.78. The van der Waals surface area contributed by atoms with Crippen LogP contribution in [0, 0.1) is 0 Å². The standard InChI is InChI=1S/C11H15NO2S/c13-9-5-2-1-4-8(9)12-11(14)10-6-3-7-15-10/h3,6-9,13H,1-2,4-5H2,(H,12,14). The van der Waals surface area contributed by atoms with Crippen LogP contribution in [-0.2, 0) is 0 Å². The van der Waals surface area contributed by atoms with E-state index in [4.69, 9.17) is 0 Å². The summed E-state index contributed by atoms with van der Waals surface area (Å²) in [5.41, 5.74) is 0. The summed E-state index contributed by atoms with van der Waals surface area (Å²) >= 11 is 1.43. The van der Waals surface area contributed by atoms with Gasteiger partial charge in [-0.25, -0.2) is 0 Å². The van der Waals surface area contributed by atoms with E-state index < -0.39 is 0 Å². The van der Waals surface area contributed by atoms with Gasteiger partial charge in [-0.1, -0.05) is 18.9 Å². The molecule has 1 fully saturated rings. The highest BCUT2D eigenvalue weighted by Crippen LogP contribution is 2.19.